The van der Waals surface area contributed by atoms with Crippen LogP contribution in [0.1, 0.15) is 28.9 Å². The minimum Gasteiger partial charge on any atom is -0.454 e. The highest BCUT2D eigenvalue weighted by atomic mass is 16.7. The third kappa shape index (κ3) is 4.59. The smallest absolute Gasteiger partial charge is 0.338 e. The lowest BCUT2D eigenvalue weighted by molar-refractivity contribution is -0.384. The van der Waals surface area contributed by atoms with E-state index in [2.05, 4.69) is 5.32 Å². The summed E-state index contributed by atoms with van der Waals surface area (Å²) in [7, 11) is 3.32. The van der Waals surface area contributed by atoms with Gasteiger partial charge in [-0.3, -0.25) is 14.9 Å². The van der Waals surface area contributed by atoms with E-state index in [1.165, 1.54) is 12.1 Å². The van der Waals surface area contributed by atoms with Gasteiger partial charge in [-0.15, -0.1) is 0 Å². The Kier molecular flexibility index (Phi) is 6.05. The molecule has 0 unspecified atom stereocenters. The number of esters is 1. The quantitative estimate of drug-likeness (QED) is 0.416. The minimum atomic E-state index is -0.825. The molecule has 10 heteroatoms. The first kappa shape index (κ1) is 20.9. The maximum Gasteiger partial charge on any atom is 0.338 e. The van der Waals surface area contributed by atoms with E-state index in [1.807, 2.05) is 0 Å². The van der Waals surface area contributed by atoms with Gasteiger partial charge in [0.1, 0.15) is 5.69 Å². The molecule has 1 atom stereocenters. The Balaban J connectivity index is 1.58. The van der Waals surface area contributed by atoms with Crippen LogP contribution in [-0.4, -0.2) is 44.3 Å². The number of anilines is 1. The number of hydrogen-bond donors (Lipinski definition) is 1. The number of carbonyl (C=O) groups excluding carboxylic acids is 2. The van der Waals surface area contributed by atoms with E-state index in [0.29, 0.717) is 17.2 Å². The van der Waals surface area contributed by atoms with Crippen molar-refractivity contribution in [3.63, 3.8) is 0 Å². The maximum atomic E-state index is 12.2. The molecular formula is C20H21N3O7. The highest BCUT2D eigenvalue weighted by Gasteiger charge is 2.21. The van der Waals surface area contributed by atoms with Crippen molar-refractivity contribution in [1.29, 1.82) is 0 Å². The summed E-state index contributed by atoms with van der Waals surface area (Å²) in [6.45, 7) is 1.42. The molecule has 0 bridgehead atoms. The zero-order valence-electron chi connectivity index (χ0n) is 16.7. The van der Waals surface area contributed by atoms with Gasteiger partial charge >= 0.3 is 5.97 Å². The maximum absolute atomic E-state index is 12.2. The second-order valence-corrected chi connectivity index (χ2v) is 6.83. The first-order chi connectivity index (χ1) is 14.3. The van der Waals surface area contributed by atoms with E-state index in [-0.39, 0.29) is 24.1 Å². The zero-order valence-corrected chi connectivity index (χ0v) is 16.7. The summed E-state index contributed by atoms with van der Waals surface area (Å²) in [6, 6.07) is 8.97. The lowest BCUT2D eigenvalue weighted by Crippen LogP contribution is -2.31. The van der Waals surface area contributed by atoms with Crippen LogP contribution in [-0.2, 0) is 9.53 Å². The Morgan fingerprint density at radius 3 is 2.63 bits per heavy atom. The summed E-state index contributed by atoms with van der Waals surface area (Å²) in [6.07, 6.45) is 0. The van der Waals surface area contributed by atoms with Crippen LogP contribution in [0.5, 0.6) is 11.5 Å². The summed E-state index contributed by atoms with van der Waals surface area (Å²) < 4.78 is 15.6. The summed E-state index contributed by atoms with van der Waals surface area (Å²) in [4.78, 5) is 36.6. The molecule has 0 spiro atoms. The Bertz CT molecular complexity index is 990. The molecule has 1 N–H and O–H groups in total. The predicted molar refractivity (Wildman–Crippen MR) is 107 cm³/mol. The van der Waals surface area contributed by atoms with E-state index in [0.717, 1.165) is 11.6 Å². The third-order valence-electron chi connectivity index (χ3n) is 4.50. The second-order valence-electron chi connectivity index (χ2n) is 6.83. The molecule has 0 radical (unpaired) electrons. The number of nitrogens with one attached hydrogen (secondary N) is 1. The van der Waals surface area contributed by atoms with Crippen molar-refractivity contribution in [1.82, 2.24) is 5.32 Å². The van der Waals surface area contributed by atoms with Gasteiger partial charge in [0, 0.05) is 20.2 Å². The fourth-order valence-electron chi connectivity index (χ4n) is 2.94. The summed E-state index contributed by atoms with van der Waals surface area (Å²) >= 11 is 0. The van der Waals surface area contributed by atoms with E-state index >= 15 is 0 Å². The van der Waals surface area contributed by atoms with Crippen molar-refractivity contribution in [3.05, 3.63) is 57.6 Å². The van der Waals surface area contributed by atoms with Crippen LogP contribution in [0.25, 0.3) is 0 Å². The number of rotatable bonds is 7. The topological polar surface area (TPSA) is 120 Å². The fraction of sp³-hybridized carbons (Fsp3) is 0.300. The van der Waals surface area contributed by atoms with Crippen molar-refractivity contribution in [2.75, 3.05) is 32.4 Å². The largest absolute Gasteiger partial charge is 0.454 e. The standard InChI is InChI=1S/C20H21N3O7/c1-12(13-5-7-17-18(9-13)30-11-29-17)21-19(24)10-28-20(25)14-4-6-15(22(2)3)16(8-14)23(26)27/h4-9,12H,10-11H2,1-3H3,(H,21,24)/t12-/m0/s1. The molecule has 1 aliphatic rings. The van der Waals surface area contributed by atoms with Gasteiger partial charge in [0.05, 0.1) is 16.5 Å². The number of benzene rings is 2. The predicted octanol–water partition coefficient (Wildman–Crippen LogP) is 2.42. The number of nitro groups is 1. The molecule has 158 valence electrons. The van der Waals surface area contributed by atoms with Gasteiger partial charge < -0.3 is 24.4 Å². The zero-order chi connectivity index (χ0) is 21.8. The molecule has 0 aromatic heterocycles. The molecule has 0 aliphatic carbocycles. The van der Waals surface area contributed by atoms with Crippen LogP contribution in [0.4, 0.5) is 11.4 Å². The third-order valence-corrected chi connectivity index (χ3v) is 4.50. The molecule has 1 amide bonds. The van der Waals surface area contributed by atoms with Crippen molar-refractivity contribution >= 4 is 23.3 Å². The van der Waals surface area contributed by atoms with Crippen LogP contribution >= 0.6 is 0 Å². The first-order valence-electron chi connectivity index (χ1n) is 9.08. The first-order valence-corrected chi connectivity index (χ1v) is 9.08. The van der Waals surface area contributed by atoms with E-state index in [9.17, 15) is 19.7 Å². The lowest BCUT2D eigenvalue weighted by Gasteiger charge is -2.15. The molecule has 10 nitrogen and oxygen atoms in total. The average Bonchev–Trinajstić information content (AvgIpc) is 3.19. The molecule has 0 fully saturated rings. The van der Waals surface area contributed by atoms with Crippen molar-refractivity contribution in [3.8, 4) is 11.5 Å². The van der Waals surface area contributed by atoms with Crippen LogP contribution in [0.3, 0.4) is 0 Å². The molecule has 1 heterocycles. The normalized spacial score (nSPS) is 12.8. The van der Waals surface area contributed by atoms with Gasteiger partial charge in [0.15, 0.2) is 18.1 Å². The average molecular weight is 415 g/mol. The van der Waals surface area contributed by atoms with E-state index in [1.54, 1.807) is 44.1 Å². The number of nitro benzene ring substituents is 1. The van der Waals surface area contributed by atoms with Crippen LogP contribution in [0, 0.1) is 10.1 Å². The van der Waals surface area contributed by atoms with Gasteiger partial charge in [-0.25, -0.2) is 4.79 Å². The van der Waals surface area contributed by atoms with Gasteiger partial charge in [0.2, 0.25) is 6.79 Å². The fourth-order valence-corrected chi connectivity index (χ4v) is 2.94. The number of amides is 1. The Hall–Kier alpha value is -3.82. The van der Waals surface area contributed by atoms with Gasteiger partial charge in [-0.1, -0.05) is 6.07 Å². The van der Waals surface area contributed by atoms with Crippen LogP contribution < -0.4 is 19.7 Å². The van der Waals surface area contributed by atoms with Crippen LogP contribution in [0.15, 0.2) is 36.4 Å². The Morgan fingerprint density at radius 1 is 1.20 bits per heavy atom. The molecule has 2 aromatic carbocycles. The molecular weight excluding hydrogens is 394 g/mol. The molecule has 0 saturated carbocycles. The Labute approximate surface area is 172 Å². The molecule has 1 aliphatic heterocycles. The molecule has 0 saturated heterocycles. The summed E-state index contributed by atoms with van der Waals surface area (Å²) in [5.74, 6) is -0.0920. The van der Waals surface area contributed by atoms with Crippen molar-refractivity contribution in [2.45, 2.75) is 13.0 Å². The lowest BCUT2D eigenvalue weighted by atomic mass is 10.1. The monoisotopic (exact) mass is 415 g/mol. The SMILES string of the molecule is C[C@H](NC(=O)COC(=O)c1ccc(N(C)C)c([N+](=O)[O-])c1)c1ccc2c(c1)OCO2. The van der Waals surface area contributed by atoms with Crippen molar-refractivity contribution < 1.29 is 28.7 Å². The van der Waals surface area contributed by atoms with E-state index < -0.39 is 23.4 Å². The van der Waals surface area contributed by atoms with E-state index in [4.69, 9.17) is 14.2 Å². The summed E-state index contributed by atoms with van der Waals surface area (Å²) in [5.41, 5.74) is 0.917. The number of hydrogen-bond acceptors (Lipinski definition) is 8. The second kappa shape index (κ2) is 8.68. The summed E-state index contributed by atoms with van der Waals surface area (Å²) in [5, 5.41) is 14.0. The van der Waals surface area contributed by atoms with Crippen molar-refractivity contribution in [2.24, 2.45) is 0 Å². The molecule has 3 rings (SSSR count). The number of carbonyl (C=O) groups is 2. The number of fused-ring (bicyclic) bond motifs is 1. The highest BCUT2D eigenvalue weighted by Crippen LogP contribution is 2.34. The van der Waals surface area contributed by atoms with Gasteiger partial charge in [-0.05, 0) is 36.8 Å². The van der Waals surface area contributed by atoms with Gasteiger partial charge in [-0.2, -0.15) is 0 Å². The van der Waals surface area contributed by atoms with Gasteiger partial charge in [0.25, 0.3) is 11.6 Å². The minimum absolute atomic E-state index is 0.0103. The highest BCUT2D eigenvalue weighted by molar-refractivity contribution is 5.93. The molecule has 2 aromatic rings. The van der Waals surface area contributed by atoms with Crippen LogP contribution in [0.2, 0.25) is 0 Å². The number of nitrogens with zero attached hydrogens (tertiary/aromatic N) is 2. The molecule has 30 heavy (non-hydrogen) atoms. The number of ether oxygens (including phenoxy) is 3. The Morgan fingerprint density at radius 2 is 1.93 bits per heavy atom.